The maximum atomic E-state index is 12.4. The topological polar surface area (TPSA) is 222 Å². The first-order valence-electron chi connectivity index (χ1n) is 28.9. The Bertz CT molecular complexity index is 3650. The van der Waals surface area contributed by atoms with Gasteiger partial charge in [0.05, 0.1) is 58.1 Å². The molecule has 2 N–H and O–H groups in total. The van der Waals surface area contributed by atoms with E-state index in [1.54, 1.807) is 50.6 Å². The molecule has 10 rings (SSSR count). The van der Waals surface area contributed by atoms with E-state index in [9.17, 15) is 40.5 Å². The van der Waals surface area contributed by atoms with Crippen molar-refractivity contribution in [3.8, 4) is 11.5 Å². The number of nitrogens with zero attached hydrogens (tertiary/aromatic N) is 6. The molecule has 0 bridgehead atoms. The lowest BCUT2D eigenvalue weighted by atomic mass is 9.87. The molecule has 8 aromatic rings. The maximum Gasteiger partial charge on any atom is 0.292 e. The first-order valence-corrected chi connectivity index (χ1v) is 29.6. The number of rotatable bonds is 18. The lowest BCUT2D eigenvalue weighted by Crippen LogP contribution is -2.26. The molecule has 20 heteroatoms. The zero-order valence-corrected chi connectivity index (χ0v) is 51.8. The number of hydrogen-bond acceptors (Lipinski definition) is 14. The number of nitrogens with one attached hydrogen (secondary N) is 2. The average molecular weight is 1230 g/mol. The first kappa shape index (κ1) is 63.2. The van der Waals surface area contributed by atoms with Gasteiger partial charge in [0, 0.05) is 48.7 Å². The summed E-state index contributed by atoms with van der Waals surface area (Å²) in [5.74, 6) is 1.48. The van der Waals surface area contributed by atoms with Crippen LogP contribution in [0.25, 0.3) is 0 Å². The number of benzene rings is 8. The third kappa shape index (κ3) is 14.4. The summed E-state index contributed by atoms with van der Waals surface area (Å²) in [6, 6.07) is 51.5. The number of anilines is 4. The Morgan fingerprint density at radius 1 is 0.420 bits per heavy atom. The molecule has 8 aromatic carbocycles. The van der Waals surface area contributed by atoms with Crippen molar-refractivity contribution in [2.45, 2.75) is 115 Å². The van der Waals surface area contributed by atoms with E-state index in [0.717, 1.165) is 56.3 Å². The molecule has 88 heavy (non-hydrogen) atoms. The summed E-state index contributed by atoms with van der Waals surface area (Å²) in [7, 11) is 3.21. The van der Waals surface area contributed by atoms with Crippen LogP contribution in [0.15, 0.2) is 170 Å². The van der Waals surface area contributed by atoms with Crippen LogP contribution in [0, 0.1) is 40.5 Å². The molecule has 2 aliphatic rings. The molecule has 0 aromatic heterocycles. The number of nitro groups is 4. The van der Waals surface area contributed by atoms with Crippen molar-refractivity contribution in [1.82, 2.24) is 0 Å². The summed E-state index contributed by atoms with van der Waals surface area (Å²) in [4.78, 5) is 50.7. The Morgan fingerprint density at radius 2 is 0.705 bits per heavy atom. The molecule has 2 heterocycles. The van der Waals surface area contributed by atoms with E-state index in [0.29, 0.717) is 50.1 Å². The molecule has 4 atom stereocenters. The van der Waals surface area contributed by atoms with Crippen molar-refractivity contribution >= 4 is 68.7 Å². The van der Waals surface area contributed by atoms with Crippen molar-refractivity contribution < 1.29 is 29.2 Å². The molecule has 0 saturated carbocycles. The molecule has 0 amide bonds. The van der Waals surface area contributed by atoms with Crippen LogP contribution in [0.3, 0.4) is 0 Å². The fourth-order valence-corrected chi connectivity index (χ4v) is 12.0. The highest BCUT2D eigenvalue weighted by Gasteiger charge is 2.39. The molecule has 4 unspecified atom stereocenters. The fraction of sp³-hybridized carbons (Fsp3) is 0.294. The van der Waals surface area contributed by atoms with Crippen LogP contribution >= 0.6 is 23.2 Å². The molecule has 456 valence electrons. The predicted molar refractivity (Wildman–Crippen MR) is 348 cm³/mol. The minimum absolute atomic E-state index is 0.00887. The van der Waals surface area contributed by atoms with Gasteiger partial charge in [0.1, 0.15) is 32.9 Å². The Hall–Kier alpha value is -9.26. The van der Waals surface area contributed by atoms with Gasteiger partial charge < -0.3 is 29.9 Å². The standard InChI is InChI=1S/C42H45N5O6.C26H25Cl2N3O4/c1-42(2,3)32-12-14-33(15-13-32)45-38(30-10-20-36(40(24-30)46(48)49)43-26-28-6-16-34(52-4)17-7-28)22-23-39(45)31-11-21-37(41(25-31)47(50)51)44-27-29-8-18-35(53-5)19-9-29;1-26(2,3)18-6-8-19(9-7-18)29-22(16-4-10-20(27)24(14-16)30(32)33)12-13-23(29)17-5-11-21(28)25(15-17)31(34)35/h6-21,24-25,38-39,43-44H,22-23,26-27H2,1-5H3;4-11,14-15,22-23H,12-13H2,1-3H3. The molecular weight excluding hydrogens is 1160 g/mol. The minimum atomic E-state index is -0.483. The van der Waals surface area contributed by atoms with Crippen LogP contribution < -0.4 is 29.9 Å². The summed E-state index contributed by atoms with van der Waals surface area (Å²) in [5, 5.41) is 54.5. The van der Waals surface area contributed by atoms with Crippen molar-refractivity contribution in [1.29, 1.82) is 0 Å². The SMILES string of the molecule is CC(C)(C)c1ccc(N2C(c3ccc(Cl)c([N+](=O)[O-])c3)CCC2c2ccc(Cl)c([N+](=O)[O-])c2)cc1.COc1ccc(CNc2ccc(C3CCC(c4ccc(NCc5ccc(OC)cc5)c([N+](=O)[O-])c4)N3c3ccc(C(C)(C)C)cc3)cc2[N+](=O)[O-])cc1. The Kier molecular flexibility index (Phi) is 19.3. The summed E-state index contributed by atoms with van der Waals surface area (Å²) < 4.78 is 10.5. The Morgan fingerprint density at radius 3 is 0.977 bits per heavy atom. The van der Waals surface area contributed by atoms with Gasteiger partial charge in [-0.25, -0.2) is 0 Å². The summed E-state index contributed by atoms with van der Waals surface area (Å²) in [5.41, 5.74) is 9.80. The molecular formula is C68H70Cl2N8O10. The zero-order valence-electron chi connectivity index (χ0n) is 50.2. The number of methoxy groups -OCH3 is 2. The molecule has 2 saturated heterocycles. The van der Waals surface area contributed by atoms with Crippen molar-refractivity contribution in [3.05, 3.63) is 265 Å². The van der Waals surface area contributed by atoms with Crippen LogP contribution in [0.2, 0.25) is 10.0 Å². The van der Waals surface area contributed by atoms with Crippen LogP contribution in [0.1, 0.15) is 136 Å². The van der Waals surface area contributed by atoms with E-state index in [1.807, 2.05) is 84.9 Å². The number of halogens is 2. The van der Waals surface area contributed by atoms with Gasteiger partial charge in [0.2, 0.25) is 0 Å². The van der Waals surface area contributed by atoms with E-state index >= 15 is 0 Å². The second-order valence-electron chi connectivity index (χ2n) is 24.0. The minimum Gasteiger partial charge on any atom is -0.497 e. The van der Waals surface area contributed by atoms with Gasteiger partial charge >= 0.3 is 0 Å². The second kappa shape index (κ2) is 26.8. The second-order valence-corrected chi connectivity index (χ2v) is 24.8. The number of hydrogen-bond donors (Lipinski definition) is 2. The molecule has 18 nitrogen and oxygen atoms in total. The van der Waals surface area contributed by atoms with Crippen LogP contribution in [0.4, 0.5) is 45.5 Å². The lowest BCUT2D eigenvalue weighted by Gasteiger charge is -2.34. The van der Waals surface area contributed by atoms with E-state index in [4.69, 9.17) is 32.7 Å². The molecule has 2 aliphatic heterocycles. The first-order chi connectivity index (χ1) is 41.9. The fourth-order valence-electron chi connectivity index (χ4n) is 11.7. The van der Waals surface area contributed by atoms with Gasteiger partial charge in [-0.2, -0.15) is 0 Å². The average Bonchev–Trinajstić information content (AvgIpc) is 1.76. The highest BCUT2D eigenvalue weighted by atomic mass is 35.5. The molecule has 0 aliphatic carbocycles. The number of nitro benzene ring substituents is 4. The van der Waals surface area contributed by atoms with Gasteiger partial charge in [-0.1, -0.05) is 138 Å². The molecule has 0 spiro atoms. The van der Waals surface area contributed by atoms with Gasteiger partial charge in [0.25, 0.3) is 22.7 Å². The van der Waals surface area contributed by atoms with Crippen molar-refractivity contribution in [3.63, 3.8) is 0 Å². The van der Waals surface area contributed by atoms with Gasteiger partial charge in [-0.3, -0.25) is 40.5 Å². The zero-order chi connectivity index (χ0) is 63.2. The Labute approximate surface area is 521 Å². The van der Waals surface area contributed by atoms with E-state index in [2.05, 4.69) is 98.4 Å². The molecule has 0 radical (unpaired) electrons. The highest BCUT2D eigenvalue weighted by molar-refractivity contribution is 6.33. The van der Waals surface area contributed by atoms with Gasteiger partial charge in [0.15, 0.2) is 0 Å². The summed E-state index contributed by atoms with van der Waals surface area (Å²) in [6.07, 6.45) is 2.82. The molecule has 2 fully saturated rings. The normalized spacial score (nSPS) is 16.5. The van der Waals surface area contributed by atoms with Gasteiger partial charge in [-0.05, 0) is 154 Å². The predicted octanol–water partition coefficient (Wildman–Crippen LogP) is 18.3. The highest BCUT2D eigenvalue weighted by Crippen LogP contribution is 2.51. The van der Waals surface area contributed by atoms with Gasteiger partial charge in [-0.15, -0.1) is 0 Å². The van der Waals surface area contributed by atoms with Crippen LogP contribution in [-0.4, -0.2) is 33.9 Å². The summed E-state index contributed by atoms with van der Waals surface area (Å²) in [6.45, 7) is 13.7. The third-order valence-corrected chi connectivity index (χ3v) is 17.1. The van der Waals surface area contributed by atoms with E-state index in [1.165, 1.54) is 23.3 Å². The lowest BCUT2D eigenvalue weighted by molar-refractivity contribution is -0.384. The number of ether oxygens (including phenoxy) is 2. The summed E-state index contributed by atoms with van der Waals surface area (Å²) >= 11 is 12.1. The van der Waals surface area contributed by atoms with Crippen molar-refractivity contribution in [2.75, 3.05) is 34.7 Å². The Balaban J connectivity index is 0.000000228. The monoisotopic (exact) mass is 1230 g/mol. The van der Waals surface area contributed by atoms with Crippen LogP contribution in [0.5, 0.6) is 11.5 Å². The smallest absolute Gasteiger partial charge is 0.292 e. The largest absolute Gasteiger partial charge is 0.497 e. The quantitative estimate of drug-likeness (QED) is 0.0603. The third-order valence-electron chi connectivity index (χ3n) is 16.4. The van der Waals surface area contributed by atoms with Crippen LogP contribution in [-0.2, 0) is 23.9 Å². The van der Waals surface area contributed by atoms with E-state index in [-0.39, 0.29) is 77.6 Å². The maximum absolute atomic E-state index is 12.4. The van der Waals surface area contributed by atoms with Crippen molar-refractivity contribution in [2.24, 2.45) is 0 Å². The van der Waals surface area contributed by atoms with E-state index < -0.39 is 9.85 Å².